The Labute approximate surface area is 148 Å². The highest BCUT2D eigenvalue weighted by Gasteiger charge is 2.27. The summed E-state index contributed by atoms with van der Waals surface area (Å²) in [4.78, 5) is 31.1. The maximum absolute atomic E-state index is 12.8. The third-order valence-electron chi connectivity index (χ3n) is 5.20. The number of carbonyl (C=O) groups is 2. The van der Waals surface area contributed by atoms with Crippen molar-refractivity contribution in [1.29, 1.82) is 0 Å². The summed E-state index contributed by atoms with van der Waals surface area (Å²) < 4.78 is 0. The molecule has 2 aliphatic rings. The summed E-state index contributed by atoms with van der Waals surface area (Å²) in [5.41, 5.74) is 0. The molecule has 5 heteroatoms. The predicted octanol–water partition coefficient (Wildman–Crippen LogP) is 3.73. The fraction of sp³-hybridized carbons (Fsp3) is 0.684. The molecule has 1 aliphatic carbocycles. The van der Waals surface area contributed by atoms with Gasteiger partial charge >= 0.3 is 0 Å². The van der Waals surface area contributed by atoms with Gasteiger partial charge in [-0.25, -0.2) is 0 Å². The Kier molecular flexibility index (Phi) is 5.93. The minimum Gasteiger partial charge on any atom is -0.343 e. The topological polar surface area (TPSA) is 40.6 Å². The molecule has 3 rings (SSSR count). The third-order valence-corrected chi connectivity index (χ3v) is 6.18. The molecule has 0 bridgehead atoms. The number of carbonyl (C=O) groups excluding carboxylic acids is 2. The van der Waals surface area contributed by atoms with Gasteiger partial charge in [-0.05, 0) is 44.7 Å². The van der Waals surface area contributed by atoms with Crippen LogP contribution in [0.15, 0.2) is 12.1 Å². The molecule has 0 spiro atoms. The van der Waals surface area contributed by atoms with Gasteiger partial charge in [0, 0.05) is 41.7 Å². The largest absolute Gasteiger partial charge is 0.343 e. The van der Waals surface area contributed by atoms with Gasteiger partial charge < -0.3 is 9.80 Å². The standard InChI is InChI=1S/C19H28N2O2S/c1-15-10-11-17(24-15)14-21(16-6-2-3-7-16)19(23)9-5-13-20-12-4-8-18(20)22/h10-11,16H,2-9,12-14H2,1H3. The van der Waals surface area contributed by atoms with Crippen LogP contribution in [0, 0.1) is 6.92 Å². The van der Waals surface area contributed by atoms with Crippen LogP contribution in [0.4, 0.5) is 0 Å². The van der Waals surface area contributed by atoms with Gasteiger partial charge in [0.2, 0.25) is 11.8 Å². The van der Waals surface area contributed by atoms with Crippen LogP contribution in [-0.4, -0.2) is 40.7 Å². The number of likely N-dealkylation sites (tertiary alicyclic amines) is 1. The van der Waals surface area contributed by atoms with Gasteiger partial charge in [-0.15, -0.1) is 11.3 Å². The fourth-order valence-corrected chi connectivity index (χ4v) is 4.77. The molecule has 0 radical (unpaired) electrons. The average Bonchev–Trinajstić information content (AvgIpc) is 3.28. The lowest BCUT2D eigenvalue weighted by Crippen LogP contribution is -2.38. The van der Waals surface area contributed by atoms with E-state index in [1.165, 1.54) is 22.6 Å². The normalized spacial score (nSPS) is 18.5. The SMILES string of the molecule is Cc1ccc(CN(C(=O)CCCN2CCCC2=O)C2CCCC2)s1. The Morgan fingerprint density at radius 3 is 2.71 bits per heavy atom. The van der Waals surface area contributed by atoms with E-state index in [2.05, 4.69) is 24.0 Å². The number of hydrogen-bond acceptors (Lipinski definition) is 3. The van der Waals surface area contributed by atoms with E-state index in [0.717, 1.165) is 45.3 Å². The molecule has 1 aromatic heterocycles. The van der Waals surface area contributed by atoms with Crippen molar-refractivity contribution in [2.75, 3.05) is 13.1 Å². The molecule has 1 aliphatic heterocycles. The second-order valence-corrected chi connectivity index (χ2v) is 8.43. The summed E-state index contributed by atoms with van der Waals surface area (Å²) in [5, 5.41) is 0. The van der Waals surface area contributed by atoms with Crippen molar-refractivity contribution in [2.24, 2.45) is 0 Å². The van der Waals surface area contributed by atoms with Crippen molar-refractivity contribution in [3.8, 4) is 0 Å². The first kappa shape index (κ1) is 17.5. The Hall–Kier alpha value is -1.36. The smallest absolute Gasteiger partial charge is 0.223 e. The number of rotatable bonds is 7. The predicted molar refractivity (Wildman–Crippen MR) is 96.9 cm³/mol. The van der Waals surface area contributed by atoms with Crippen LogP contribution in [0.2, 0.25) is 0 Å². The molecular formula is C19H28N2O2S. The highest BCUT2D eigenvalue weighted by Crippen LogP contribution is 2.27. The van der Waals surface area contributed by atoms with E-state index < -0.39 is 0 Å². The minimum absolute atomic E-state index is 0.254. The number of amides is 2. The maximum atomic E-state index is 12.8. The highest BCUT2D eigenvalue weighted by molar-refractivity contribution is 7.11. The zero-order valence-corrected chi connectivity index (χ0v) is 15.4. The second-order valence-electron chi connectivity index (χ2n) is 7.06. The highest BCUT2D eigenvalue weighted by atomic mass is 32.1. The van der Waals surface area contributed by atoms with Gasteiger partial charge in [-0.1, -0.05) is 12.8 Å². The van der Waals surface area contributed by atoms with Crippen LogP contribution in [0.25, 0.3) is 0 Å². The molecule has 2 amide bonds. The lowest BCUT2D eigenvalue weighted by molar-refractivity contribution is -0.135. The van der Waals surface area contributed by atoms with Crippen molar-refractivity contribution >= 4 is 23.2 Å². The van der Waals surface area contributed by atoms with Gasteiger partial charge in [0.15, 0.2) is 0 Å². The van der Waals surface area contributed by atoms with E-state index in [-0.39, 0.29) is 11.8 Å². The summed E-state index contributed by atoms with van der Waals surface area (Å²) >= 11 is 1.79. The van der Waals surface area contributed by atoms with Crippen molar-refractivity contribution in [1.82, 2.24) is 9.80 Å². The van der Waals surface area contributed by atoms with Crippen LogP contribution in [-0.2, 0) is 16.1 Å². The first-order chi connectivity index (χ1) is 11.6. The first-order valence-corrected chi connectivity index (χ1v) is 10.1. The second kappa shape index (κ2) is 8.15. The molecule has 1 saturated heterocycles. The van der Waals surface area contributed by atoms with Crippen LogP contribution in [0.3, 0.4) is 0 Å². The summed E-state index contributed by atoms with van der Waals surface area (Å²) in [6.45, 7) is 4.47. The lowest BCUT2D eigenvalue weighted by Gasteiger charge is -2.29. The molecular weight excluding hydrogens is 320 g/mol. The molecule has 24 heavy (non-hydrogen) atoms. The summed E-state index contributed by atoms with van der Waals surface area (Å²) in [7, 11) is 0. The number of aryl methyl sites for hydroxylation is 1. The lowest BCUT2D eigenvalue weighted by atomic mass is 10.1. The van der Waals surface area contributed by atoms with Crippen molar-refractivity contribution in [3.05, 3.63) is 21.9 Å². The van der Waals surface area contributed by atoms with Crippen LogP contribution < -0.4 is 0 Å². The van der Waals surface area contributed by atoms with Crippen LogP contribution in [0.5, 0.6) is 0 Å². The molecule has 0 N–H and O–H groups in total. The number of nitrogens with zero attached hydrogens (tertiary/aromatic N) is 2. The zero-order chi connectivity index (χ0) is 16.9. The number of thiophene rings is 1. The maximum Gasteiger partial charge on any atom is 0.223 e. The Bertz CT molecular complexity index is 578. The quantitative estimate of drug-likeness (QED) is 0.753. The molecule has 4 nitrogen and oxygen atoms in total. The van der Waals surface area contributed by atoms with Gasteiger partial charge in [0.05, 0.1) is 6.54 Å². The van der Waals surface area contributed by atoms with Gasteiger partial charge in [-0.3, -0.25) is 9.59 Å². The molecule has 0 atom stereocenters. The van der Waals surface area contributed by atoms with E-state index in [0.29, 0.717) is 18.9 Å². The summed E-state index contributed by atoms with van der Waals surface area (Å²) in [6.07, 6.45) is 7.75. The van der Waals surface area contributed by atoms with E-state index in [1.54, 1.807) is 11.3 Å². The van der Waals surface area contributed by atoms with Crippen LogP contribution in [0.1, 0.15) is 61.1 Å². The van der Waals surface area contributed by atoms with Gasteiger partial charge in [0.1, 0.15) is 0 Å². The van der Waals surface area contributed by atoms with E-state index in [9.17, 15) is 9.59 Å². The van der Waals surface area contributed by atoms with E-state index >= 15 is 0 Å². The summed E-state index contributed by atoms with van der Waals surface area (Å²) in [5.74, 6) is 0.517. The van der Waals surface area contributed by atoms with Crippen molar-refractivity contribution in [3.63, 3.8) is 0 Å². The van der Waals surface area contributed by atoms with Gasteiger partial charge in [0.25, 0.3) is 0 Å². The fourth-order valence-electron chi connectivity index (χ4n) is 3.88. The molecule has 0 unspecified atom stereocenters. The minimum atomic E-state index is 0.254. The van der Waals surface area contributed by atoms with Crippen molar-refractivity contribution in [2.45, 2.75) is 70.9 Å². The first-order valence-electron chi connectivity index (χ1n) is 9.26. The van der Waals surface area contributed by atoms with E-state index in [4.69, 9.17) is 0 Å². The van der Waals surface area contributed by atoms with Gasteiger partial charge in [-0.2, -0.15) is 0 Å². The molecule has 2 heterocycles. The van der Waals surface area contributed by atoms with Crippen molar-refractivity contribution < 1.29 is 9.59 Å². The number of hydrogen-bond donors (Lipinski definition) is 0. The van der Waals surface area contributed by atoms with E-state index in [1.807, 2.05) is 4.90 Å². The third kappa shape index (κ3) is 4.38. The Morgan fingerprint density at radius 1 is 1.29 bits per heavy atom. The molecule has 1 aromatic rings. The summed E-state index contributed by atoms with van der Waals surface area (Å²) in [6, 6.07) is 4.70. The molecule has 1 saturated carbocycles. The zero-order valence-electron chi connectivity index (χ0n) is 14.6. The monoisotopic (exact) mass is 348 g/mol. The molecule has 0 aromatic carbocycles. The molecule has 2 fully saturated rings. The Balaban J connectivity index is 1.55. The van der Waals surface area contributed by atoms with Crippen LogP contribution >= 0.6 is 11.3 Å². The molecule has 132 valence electrons. The Morgan fingerprint density at radius 2 is 2.08 bits per heavy atom. The average molecular weight is 349 g/mol.